The first-order chi connectivity index (χ1) is 11.6. The van der Waals surface area contributed by atoms with Crippen LogP contribution in [0.2, 0.25) is 0 Å². The Bertz CT molecular complexity index is 640. The van der Waals surface area contributed by atoms with Crippen molar-refractivity contribution in [2.24, 2.45) is 0 Å². The first-order valence-electron chi connectivity index (χ1n) is 8.34. The molecule has 1 amide bonds. The molecular weight excluding hydrogens is 322 g/mol. The van der Waals surface area contributed by atoms with Crippen molar-refractivity contribution in [1.29, 1.82) is 0 Å². The highest BCUT2D eigenvalue weighted by molar-refractivity contribution is 7.07. The molecule has 5 heteroatoms. The molecule has 0 aliphatic carbocycles. The number of hydrogen-bond donors (Lipinski definition) is 1. The maximum atomic E-state index is 12.1. The Labute approximate surface area is 147 Å². The van der Waals surface area contributed by atoms with E-state index in [1.807, 2.05) is 44.4 Å². The molecule has 0 radical (unpaired) electrons. The van der Waals surface area contributed by atoms with Crippen LogP contribution < -0.4 is 14.8 Å². The number of carbonyl (C=O) groups excluding carboxylic acids is 1. The quantitative estimate of drug-likeness (QED) is 0.733. The van der Waals surface area contributed by atoms with Gasteiger partial charge < -0.3 is 14.8 Å². The molecule has 0 aliphatic rings. The molecular formula is C19H25NO3S. The fourth-order valence-electron chi connectivity index (χ4n) is 2.43. The Morgan fingerprint density at radius 1 is 1.17 bits per heavy atom. The second-order valence-electron chi connectivity index (χ2n) is 5.49. The molecule has 2 rings (SSSR count). The summed E-state index contributed by atoms with van der Waals surface area (Å²) < 4.78 is 11.2. The number of hydrogen-bond acceptors (Lipinski definition) is 4. The van der Waals surface area contributed by atoms with E-state index in [1.165, 1.54) is 5.56 Å². The van der Waals surface area contributed by atoms with E-state index in [1.54, 1.807) is 11.3 Å². The predicted molar refractivity (Wildman–Crippen MR) is 98.0 cm³/mol. The molecule has 1 aromatic carbocycles. The van der Waals surface area contributed by atoms with Crippen LogP contribution in [0, 0.1) is 0 Å². The van der Waals surface area contributed by atoms with Crippen LogP contribution in [0.3, 0.4) is 0 Å². The summed E-state index contributed by atoms with van der Waals surface area (Å²) in [6.07, 6.45) is 1.27. The number of carbonyl (C=O) groups is 1. The van der Waals surface area contributed by atoms with Crippen molar-refractivity contribution in [3.63, 3.8) is 0 Å². The number of aryl methyl sites for hydroxylation is 1. The molecule has 24 heavy (non-hydrogen) atoms. The fourth-order valence-corrected chi connectivity index (χ4v) is 3.13. The lowest BCUT2D eigenvalue weighted by molar-refractivity contribution is -0.121. The van der Waals surface area contributed by atoms with Crippen molar-refractivity contribution < 1.29 is 14.3 Å². The van der Waals surface area contributed by atoms with Crippen LogP contribution in [0.5, 0.6) is 11.5 Å². The first-order valence-corrected chi connectivity index (χ1v) is 9.28. The highest BCUT2D eigenvalue weighted by Crippen LogP contribution is 2.30. The van der Waals surface area contributed by atoms with Gasteiger partial charge in [0.15, 0.2) is 11.5 Å². The molecule has 4 nitrogen and oxygen atoms in total. The van der Waals surface area contributed by atoms with Crippen molar-refractivity contribution in [2.75, 3.05) is 13.2 Å². The van der Waals surface area contributed by atoms with Crippen LogP contribution in [0.1, 0.15) is 44.4 Å². The molecule has 2 aromatic rings. The second kappa shape index (κ2) is 9.33. The number of amides is 1. The number of ether oxygens (including phenoxy) is 2. The summed E-state index contributed by atoms with van der Waals surface area (Å²) in [5.74, 6) is 1.51. The number of rotatable bonds is 9. The molecule has 1 unspecified atom stereocenters. The smallest absolute Gasteiger partial charge is 0.220 e. The van der Waals surface area contributed by atoms with Crippen molar-refractivity contribution in [3.05, 3.63) is 46.2 Å². The third kappa shape index (κ3) is 5.27. The van der Waals surface area contributed by atoms with Gasteiger partial charge in [-0.15, -0.1) is 0 Å². The number of benzene rings is 1. The van der Waals surface area contributed by atoms with E-state index in [9.17, 15) is 4.79 Å². The van der Waals surface area contributed by atoms with Gasteiger partial charge in [0, 0.05) is 6.42 Å². The molecule has 1 aromatic heterocycles. The molecule has 0 bridgehead atoms. The van der Waals surface area contributed by atoms with E-state index in [-0.39, 0.29) is 11.9 Å². The summed E-state index contributed by atoms with van der Waals surface area (Å²) >= 11 is 1.66. The highest BCUT2D eigenvalue weighted by Gasteiger charge is 2.13. The summed E-state index contributed by atoms with van der Waals surface area (Å²) in [7, 11) is 0. The van der Waals surface area contributed by atoms with Gasteiger partial charge in [0.2, 0.25) is 5.91 Å². The summed E-state index contributed by atoms with van der Waals surface area (Å²) in [4.78, 5) is 12.1. The molecule has 0 saturated carbocycles. The van der Waals surface area contributed by atoms with Gasteiger partial charge in [0.25, 0.3) is 0 Å². The van der Waals surface area contributed by atoms with Gasteiger partial charge in [-0.2, -0.15) is 11.3 Å². The summed E-state index contributed by atoms with van der Waals surface area (Å²) in [5, 5.41) is 7.16. The van der Waals surface area contributed by atoms with E-state index in [0.717, 1.165) is 23.5 Å². The Hall–Kier alpha value is -2.01. The van der Waals surface area contributed by atoms with Crippen molar-refractivity contribution >= 4 is 17.2 Å². The van der Waals surface area contributed by atoms with Crippen molar-refractivity contribution in [2.45, 2.75) is 39.7 Å². The molecule has 0 fully saturated rings. The summed E-state index contributed by atoms with van der Waals surface area (Å²) in [6.45, 7) is 7.03. The van der Waals surface area contributed by atoms with Gasteiger partial charge in [-0.1, -0.05) is 6.07 Å². The topological polar surface area (TPSA) is 47.6 Å². The van der Waals surface area contributed by atoms with E-state index in [4.69, 9.17) is 9.47 Å². The Balaban J connectivity index is 1.96. The Morgan fingerprint density at radius 2 is 1.92 bits per heavy atom. The molecule has 0 aliphatic heterocycles. The molecule has 1 N–H and O–H groups in total. The first kappa shape index (κ1) is 18.3. The lowest BCUT2D eigenvalue weighted by Crippen LogP contribution is -2.26. The predicted octanol–water partition coefficient (Wildman–Crippen LogP) is 4.36. The largest absolute Gasteiger partial charge is 0.490 e. The lowest BCUT2D eigenvalue weighted by Gasteiger charge is -2.17. The van der Waals surface area contributed by atoms with Gasteiger partial charge in [0.05, 0.1) is 19.3 Å². The average Bonchev–Trinajstić information content (AvgIpc) is 3.08. The Kier molecular flexibility index (Phi) is 7.12. The van der Waals surface area contributed by atoms with Gasteiger partial charge in [-0.3, -0.25) is 4.79 Å². The maximum absolute atomic E-state index is 12.1. The lowest BCUT2D eigenvalue weighted by atomic mass is 10.1. The van der Waals surface area contributed by atoms with E-state index in [2.05, 4.69) is 16.8 Å². The van der Waals surface area contributed by atoms with Crippen LogP contribution in [-0.2, 0) is 11.2 Å². The molecule has 0 spiro atoms. The Morgan fingerprint density at radius 3 is 2.58 bits per heavy atom. The molecule has 1 heterocycles. The number of thiophene rings is 1. The second-order valence-corrected chi connectivity index (χ2v) is 6.27. The van der Waals surface area contributed by atoms with Crippen LogP contribution in [0.25, 0.3) is 0 Å². The van der Waals surface area contributed by atoms with Gasteiger partial charge in [-0.25, -0.2) is 0 Å². The zero-order chi connectivity index (χ0) is 17.4. The van der Waals surface area contributed by atoms with E-state index < -0.39 is 0 Å². The molecule has 130 valence electrons. The van der Waals surface area contributed by atoms with Gasteiger partial charge in [-0.05, 0) is 67.3 Å². The van der Waals surface area contributed by atoms with Crippen LogP contribution in [-0.4, -0.2) is 19.1 Å². The van der Waals surface area contributed by atoms with Crippen LogP contribution >= 0.6 is 11.3 Å². The minimum Gasteiger partial charge on any atom is -0.490 e. The standard InChI is InChI=1S/C19H25NO3S/c1-4-22-17-8-7-16(12-18(17)23-5-2)14(3)20-19(21)9-6-15-10-11-24-13-15/h7-8,10-14H,4-6,9H2,1-3H3,(H,20,21). The average molecular weight is 347 g/mol. The minimum absolute atomic E-state index is 0.0561. The molecule has 1 atom stereocenters. The summed E-state index contributed by atoms with van der Waals surface area (Å²) in [5.41, 5.74) is 2.22. The van der Waals surface area contributed by atoms with Crippen LogP contribution in [0.15, 0.2) is 35.0 Å². The van der Waals surface area contributed by atoms with Gasteiger partial charge >= 0.3 is 0 Å². The maximum Gasteiger partial charge on any atom is 0.220 e. The van der Waals surface area contributed by atoms with Crippen molar-refractivity contribution in [1.82, 2.24) is 5.32 Å². The monoisotopic (exact) mass is 347 g/mol. The number of nitrogens with one attached hydrogen (secondary N) is 1. The third-order valence-electron chi connectivity index (χ3n) is 3.67. The fraction of sp³-hybridized carbons (Fsp3) is 0.421. The van der Waals surface area contributed by atoms with Crippen LogP contribution in [0.4, 0.5) is 0 Å². The minimum atomic E-state index is -0.0742. The summed E-state index contributed by atoms with van der Waals surface area (Å²) in [6, 6.07) is 7.80. The normalized spacial score (nSPS) is 11.8. The van der Waals surface area contributed by atoms with E-state index in [0.29, 0.717) is 19.6 Å². The molecule has 0 saturated heterocycles. The zero-order valence-electron chi connectivity index (χ0n) is 14.5. The van der Waals surface area contributed by atoms with E-state index >= 15 is 0 Å². The highest BCUT2D eigenvalue weighted by atomic mass is 32.1. The van der Waals surface area contributed by atoms with Crippen molar-refractivity contribution in [3.8, 4) is 11.5 Å². The zero-order valence-corrected chi connectivity index (χ0v) is 15.3. The van der Waals surface area contributed by atoms with Gasteiger partial charge in [0.1, 0.15) is 0 Å². The third-order valence-corrected chi connectivity index (χ3v) is 4.40. The SMILES string of the molecule is CCOc1ccc(C(C)NC(=O)CCc2ccsc2)cc1OCC.